The van der Waals surface area contributed by atoms with E-state index in [-0.39, 0.29) is 11.9 Å². The third kappa shape index (κ3) is 2.05. The van der Waals surface area contributed by atoms with Crippen LogP contribution >= 0.6 is 0 Å². The Balaban J connectivity index is 2.21. The van der Waals surface area contributed by atoms with E-state index in [9.17, 15) is 4.39 Å². The summed E-state index contributed by atoms with van der Waals surface area (Å²) in [5.74, 6) is 0.685. The zero-order valence-corrected chi connectivity index (χ0v) is 9.79. The molecule has 0 saturated heterocycles. The minimum absolute atomic E-state index is 0.272. The van der Waals surface area contributed by atoms with Gasteiger partial charge in [0, 0.05) is 6.04 Å². The van der Waals surface area contributed by atoms with Crippen LogP contribution in [0.5, 0.6) is 5.75 Å². The number of nitrogens with one attached hydrogen (secondary N) is 1. The summed E-state index contributed by atoms with van der Waals surface area (Å²) < 4.78 is 18.5. The molecule has 0 spiro atoms. The minimum atomic E-state index is -0.278. The van der Waals surface area contributed by atoms with E-state index in [1.165, 1.54) is 26.4 Å². The van der Waals surface area contributed by atoms with Crippen molar-refractivity contribution < 1.29 is 9.13 Å². The summed E-state index contributed by atoms with van der Waals surface area (Å²) in [6.07, 6.45) is 3.76. The van der Waals surface area contributed by atoms with Gasteiger partial charge in [0.05, 0.1) is 7.11 Å². The van der Waals surface area contributed by atoms with Gasteiger partial charge in [-0.2, -0.15) is 0 Å². The fourth-order valence-corrected chi connectivity index (χ4v) is 2.32. The first-order chi connectivity index (χ1) is 7.76. The van der Waals surface area contributed by atoms with Crippen molar-refractivity contribution in [2.24, 2.45) is 5.92 Å². The van der Waals surface area contributed by atoms with E-state index in [0.717, 1.165) is 5.56 Å². The molecule has 0 aromatic heterocycles. The lowest BCUT2D eigenvalue weighted by atomic mass is 9.77. The smallest absolute Gasteiger partial charge is 0.165 e. The summed E-state index contributed by atoms with van der Waals surface area (Å²) in [6, 6.07) is 5.50. The van der Waals surface area contributed by atoms with Crippen molar-refractivity contribution in [3.05, 3.63) is 29.6 Å². The molecule has 2 nitrogen and oxygen atoms in total. The topological polar surface area (TPSA) is 21.3 Å². The highest BCUT2D eigenvalue weighted by Gasteiger charge is 2.27. The summed E-state index contributed by atoms with van der Waals surface area (Å²) in [6.45, 7) is 0. The number of methoxy groups -OCH3 is 1. The molecule has 0 radical (unpaired) electrons. The van der Waals surface area contributed by atoms with Gasteiger partial charge in [-0.1, -0.05) is 12.5 Å². The van der Waals surface area contributed by atoms with Crippen LogP contribution in [0, 0.1) is 11.7 Å². The van der Waals surface area contributed by atoms with E-state index < -0.39 is 0 Å². The van der Waals surface area contributed by atoms with Gasteiger partial charge in [0.15, 0.2) is 11.6 Å². The molecule has 0 amide bonds. The minimum Gasteiger partial charge on any atom is -0.494 e. The number of rotatable bonds is 4. The lowest BCUT2D eigenvalue weighted by Gasteiger charge is -2.34. The maximum Gasteiger partial charge on any atom is 0.165 e. The van der Waals surface area contributed by atoms with Crippen molar-refractivity contribution in [2.45, 2.75) is 25.3 Å². The van der Waals surface area contributed by atoms with E-state index in [1.54, 1.807) is 12.1 Å². The molecular weight excluding hydrogens is 205 g/mol. The van der Waals surface area contributed by atoms with Gasteiger partial charge in [0.1, 0.15) is 0 Å². The predicted octanol–water partition coefficient (Wildman–Crippen LogP) is 2.89. The molecule has 0 heterocycles. The Kier molecular flexibility index (Phi) is 3.44. The third-order valence-electron chi connectivity index (χ3n) is 3.47. The zero-order valence-electron chi connectivity index (χ0n) is 9.79. The molecule has 1 aliphatic carbocycles. The molecule has 3 heteroatoms. The first-order valence-corrected chi connectivity index (χ1v) is 5.77. The maximum absolute atomic E-state index is 13.6. The predicted molar refractivity (Wildman–Crippen MR) is 62.1 cm³/mol. The van der Waals surface area contributed by atoms with E-state index in [4.69, 9.17) is 4.74 Å². The normalized spacial score (nSPS) is 17.9. The van der Waals surface area contributed by atoms with Crippen molar-refractivity contribution in [3.8, 4) is 5.75 Å². The summed E-state index contributed by atoms with van der Waals surface area (Å²) >= 11 is 0. The van der Waals surface area contributed by atoms with Crippen LogP contribution in [0.1, 0.15) is 30.9 Å². The monoisotopic (exact) mass is 223 g/mol. The van der Waals surface area contributed by atoms with Gasteiger partial charge in [-0.15, -0.1) is 0 Å². The average Bonchev–Trinajstić information content (AvgIpc) is 2.23. The number of halogens is 1. The average molecular weight is 223 g/mol. The molecule has 1 N–H and O–H groups in total. The van der Waals surface area contributed by atoms with Crippen molar-refractivity contribution in [1.29, 1.82) is 0 Å². The molecule has 1 atom stereocenters. The highest BCUT2D eigenvalue weighted by molar-refractivity contribution is 5.31. The maximum atomic E-state index is 13.6. The summed E-state index contributed by atoms with van der Waals surface area (Å²) in [5, 5.41) is 3.28. The van der Waals surface area contributed by atoms with Crippen molar-refractivity contribution in [1.82, 2.24) is 5.32 Å². The van der Waals surface area contributed by atoms with Crippen molar-refractivity contribution in [3.63, 3.8) is 0 Å². The van der Waals surface area contributed by atoms with Gasteiger partial charge in [-0.25, -0.2) is 4.39 Å². The third-order valence-corrected chi connectivity index (χ3v) is 3.47. The van der Waals surface area contributed by atoms with E-state index in [0.29, 0.717) is 11.7 Å². The molecule has 16 heavy (non-hydrogen) atoms. The van der Waals surface area contributed by atoms with Crippen LogP contribution in [-0.4, -0.2) is 14.2 Å². The molecule has 1 unspecified atom stereocenters. The first-order valence-electron chi connectivity index (χ1n) is 5.77. The molecule has 0 aliphatic heterocycles. The Morgan fingerprint density at radius 2 is 2.19 bits per heavy atom. The summed E-state index contributed by atoms with van der Waals surface area (Å²) in [4.78, 5) is 0. The Morgan fingerprint density at radius 3 is 2.62 bits per heavy atom. The van der Waals surface area contributed by atoms with Gasteiger partial charge in [-0.3, -0.25) is 0 Å². The van der Waals surface area contributed by atoms with Crippen LogP contribution in [0.2, 0.25) is 0 Å². The Bertz CT molecular complexity index is 363. The number of ether oxygens (including phenoxy) is 1. The summed E-state index contributed by atoms with van der Waals surface area (Å²) in [7, 11) is 3.42. The van der Waals surface area contributed by atoms with Gasteiger partial charge in [0.2, 0.25) is 0 Å². The van der Waals surface area contributed by atoms with Crippen LogP contribution in [0.15, 0.2) is 18.2 Å². The fourth-order valence-electron chi connectivity index (χ4n) is 2.32. The highest BCUT2D eigenvalue weighted by Crippen LogP contribution is 2.38. The molecule has 1 aromatic carbocycles. The molecule has 1 saturated carbocycles. The van der Waals surface area contributed by atoms with Gasteiger partial charge in [0.25, 0.3) is 0 Å². The fraction of sp³-hybridized carbons (Fsp3) is 0.538. The second-order valence-corrected chi connectivity index (χ2v) is 4.35. The molecule has 1 fully saturated rings. The largest absolute Gasteiger partial charge is 0.494 e. The standard InChI is InChI=1S/C13H18FNO/c1-15-13(9-4-3-5-9)10-6-7-12(16-2)11(14)8-10/h6-9,13,15H,3-5H2,1-2H3. The van der Waals surface area contributed by atoms with Crippen LogP contribution in [0.4, 0.5) is 4.39 Å². The molecule has 2 rings (SSSR count). The number of hydrogen-bond acceptors (Lipinski definition) is 2. The number of hydrogen-bond donors (Lipinski definition) is 1. The lowest BCUT2D eigenvalue weighted by molar-refractivity contribution is 0.239. The second-order valence-electron chi connectivity index (χ2n) is 4.35. The van der Waals surface area contributed by atoms with Crippen LogP contribution in [0.25, 0.3) is 0 Å². The van der Waals surface area contributed by atoms with Crippen molar-refractivity contribution in [2.75, 3.05) is 14.2 Å². The molecular formula is C13H18FNO. The molecule has 88 valence electrons. The molecule has 1 aromatic rings. The second kappa shape index (κ2) is 4.83. The van der Waals surface area contributed by atoms with E-state index in [2.05, 4.69) is 5.32 Å². The quantitative estimate of drug-likeness (QED) is 0.847. The SMILES string of the molecule is CNC(c1ccc(OC)c(F)c1)C1CCC1. The van der Waals surface area contributed by atoms with Crippen LogP contribution in [-0.2, 0) is 0 Å². The van der Waals surface area contributed by atoms with Gasteiger partial charge >= 0.3 is 0 Å². The van der Waals surface area contributed by atoms with E-state index in [1.807, 2.05) is 13.1 Å². The van der Waals surface area contributed by atoms with Gasteiger partial charge in [-0.05, 0) is 43.5 Å². The number of benzene rings is 1. The molecule has 1 aliphatic rings. The van der Waals surface area contributed by atoms with Gasteiger partial charge < -0.3 is 10.1 Å². The summed E-state index contributed by atoms with van der Waals surface area (Å²) in [5.41, 5.74) is 1.02. The molecule has 0 bridgehead atoms. The Morgan fingerprint density at radius 1 is 1.44 bits per heavy atom. The van der Waals surface area contributed by atoms with Crippen molar-refractivity contribution >= 4 is 0 Å². The van der Waals surface area contributed by atoms with Crippen LogP contribution < -0.4 is 10.1 Å². The zero-order chi connectivity index (χ0) is 11.5. The lowest BCUT2D eigenvalue weighted by Crippen LogP contribution is -2.29. The van der Waals surface area contributed by atoms with E-state index >= 15 is 0 Å². The highest BCUT2D eigenvalue weighted by atomic mass is 19.1. The first kappa shape index (κ1) is 11.4. The Hall–Kier alpha value is -1.09. The van der Waals surface area contributed by atoms with Crippen LogP contribution in [0.3, 0.4) is 0 Å². The Labute approximate surface area is 95.8 Å².